The van der Waals surface area contributed by atoms with Crippen LogP contribution >= 0.6 is 12.2 Å². The quantitative estimate of drug-likeness (QED) is 0.732. The van der Waals surface area contributed by atoms with Gasteiger partial charge in [0.15, 0.2) is 0 Å². The molecule has 1 aliphatic heterocycles. The monoisotopic (exact) mass is 330 g/mol. The van der Waals surface area contributed by atoms with Gasteiger partial charge in [-0.2, -0.15) is 0 Å². The fourth-order valence-electron chi connectivity index (χ4n) is 2.06. The van der Waals surface area contributed by atoms with Crippen LogP contribution in [0, 0.1) is 0 Å². The lowest BCUT2D eigenvalue weighted by Gasteiger charge is -2.15. The number of para-hydroxylation sites is 2. The number of thiocarbonyl (C=S) groups is 1. The van der Waals surface area contributed by atoms with Crippen molar-refractivity contribution in [2.75, 3.05) is 23.7 Å². The highest BCUT2D eigenvalue weighted by Gasteiger charge is 2.24. The SMILES string of the molecule is NC(=S)COc1ccccc1NS(=O)(=O)CC1CCCO1. The first-order valence-electron chi connectivity index (χ1n) is 6.58. The molecule has 0 amide bonds. The molecule has 3 N–H and O–H groups in total. The lowest BCUT2D eigenvalue weighted by molar-refractivity contribution is 0.127. The van der Waals surface area contributed by atoms with E-state index in [9.17, 15) is 8.42 Å². The summed E-state index contributed by atoms with van der Waals surface area (Å²) in [5.74, 6) is 0.331. The lowest BCUT2D eigenvalue weighted by atomic mass is 10.3. The average molecular weight is 330 g/mol. The van der Waals surface area contributed by atoms with Crippen LogP contribution in [-0.2, 0) is 14.8 Å². The van der Waals surface area contributed by atoms with Crippen LogP contribution in [0.4, 0.5) is 5.69 Å². The maximum absolute atomic E-state index is 12.1. The van der Waals surface area contributed by atoms with Gasteiger partial charge in [-0.05, 0) is 25.0 Å². The van der Waals surface area contributed by atoms with Crippen LogP contribution in [0.15, 0.2) is 24.3 Å². The predicted octanol–water partition coefficient (Wildman–Crippen LogP) is 1.27. The van der Waals surface area contributed by atoms with Crippen LogP contribution in [0.1, 0.15) is 12.8 Å². The van der Waals surface area contributed by atoms with Crippen molar-refractivity contribution in [2.45, 2.75) is 18.9 Å². The van der Waals surface area contributed by atoms with Crippen molar-refractivity contribution in [1.29, 1.82) is 0 Å². The van der Waals surface area contributed by atoms with Gasteiger partial charge < -0.3 is 15.2 Å². The molecular weight excluding hydrogens is 312 g/mol. The third-order valence-electron chi connectivity index (χ3n) is 2.95. The maximum atomic E-state index is 12.1. The summed E-state index contributed by atoms with van der Waals surface area (Å²) in [5.41, 5.74) is 5.75. The highest BCUT2D eigenvalue weighted by Crippen LogP contribution is 2.25. The number of hydrogen-bond donors (Lipinski definition) is 2. The van der Waals surface area contributed by atoms with Crippen molar-refractivity contribution in [2.24, 2.45) is 5.73 Å². The van der Waals surface area contributed by atoms with Gasteiger partial charge in [-0.25, -0.2) is 8.42 Å². The third kappa shape index (κ3) is 5.14. The molecule has 1 aliphatic rings. The standard InChI is InChI=1S/C13H18N2O4S2/c14-13(20)8-19-12-6-2-1-5-11(12)15-21(16,17)9-10-4-3-7-18-10/h1-2,5-6,10,15H,3-4,7-9H2,(H2,14,20). The third-order valence-corrected chi connectivity index (χ3v) is 4.41. The molecule has 1 aromatic rings. The molecule has 0 aliphatic carbocycles. The Morgan fingerprint density at radius 2 is 2.24 bits per heavy atom. The van der Waals surface area contributed by atoms with E-state index in [4.69, 9.17) is 27.4 Å². The minimum Gasteiger partial charge on any atom is -0.484 e. The van der Waals surface area contributed by atoms with Crippen molar-refractivity contribution >= 4 is 32.9 Å². The van der Waals surface area contributed by atoms with E-state index in [0.717, 1.165) is 12.8 Å². The first-order chi connectivity index (χ1) is 9.96. The molecule has 6 nitrogen and oxygen atoms in total. The Kier molecular flexibility index (Phi) is 5.38. The molecule has 1 aromatic carbocycles. The van der Waals surface area contributed by atoms with Gasteiger partial charge >= 0.3 is 0 Å². The summed E-state index contributed by atoms with van der Waals surface area (Å²) in [4.78, 5) is 0.201. The van der Waals surface area contributed by atoms with E-state index >= 15 is 0 Å². The Labute approximate surface area is 129 Å². The molecule has 1 fully saturated rings. The van der Waals surface area contributed by atoms with Gasteiger partial charge in [-0.1, -0.05) is 24.4 Å². The van der Waals surface area contributed by atoms with E-state index in [1.807, 2.05) is 0 Å². The average Bonchev–Trinajstić information content (AvgIpc) is 2.89. The minimum atomic E-state index is -3.50. The van der Waals surface area contributed by atoms with E-state index in [1.165, 1.54) is 0 Å². The number of ether oxygens (including phenoxy) is 2. The van der Waals surface area contributed by atoms with E-state index in [1.54, 1.807) is 24.3 Å². The topological polar surface area (TPSA) is 90.6 Å². The molecule has 116 valence electrons. The van der Waals surface area contributed by atoms with Crippen molar-refractivity contribution < 1.29 is 17.9 Å². The van der Waals surface area contributed by atoms with Crippen LogP contribution in [0.3, 0.4) is 0 Å². The second-order valence-corrected chi connectivity index (χ2v) is 7.06. The summed E-state index contributed by atoms with van der Waals surface area (Å²) in [6, 6.07) is 6.74. The smallest absolute Gasteiger partial charge is 0.235 e. The zero-order valence-corrected chi connectivity index (χ0v) is 13.1. The number of sulfonamides is 1. The van der Waals surface area contributed by atoms with Gasteiger partial charge in [0.1, 0.15) is 17.3 Å². The molecule has 0 radical (unpaired) electrons. The van der Waals surface area contributed by atoms with Crippen LogP contribution in [0.2, 0.25) is 0 Å². The van der Waals surface area contributed by atoms with Crippen molar-refractivity contribution in [3.8, 4) is 5.75 Å². The van der Waals surface area contributed by atoms with Gasteiger partial charge in [-0.15, -0.1) is 0 Å². The number of hydrogen-bond acceptors (Lipinski definition) is 5. The molecule has 1 saturated heterocycles. The number of rotatable bonds is 7. The Bertz CT molecular complexity index is 598. The largest absolute Gasteiger partial charge is 0.484 e. The Hall–Kier alpha value is -1.38. The summed E-state index contributed by atoms with van der Waals surface area (Å²) in [7, 11) is -3.50. The minimum absolute atomic E-state index is 0.0554. The van der Waals surface area contributed by atoms with Gasteiger partial charge in [-0.3, -0.25) is 4.72 Å². The molecule has 1 unspecified atom stereocenters. The van der Waals surface area contributed by atoms with Crippen molar-refractivity contribution in [3.05, 3.63) is 24.3 Å². The molecule has 0 aromatic heterocycles. The second kappa shape index (κ2) is 7.06. The van der Waals surface area contributed by atoms with Crippen LogP contribution in [0.25, 0.3) is 0 Å². The first kappa shape index (κ1) is 16.0. The summed E-state index contributed by atoms with van der Waals surface area (Å²) >= 11 is 4.74. The van der Waals surface area contributed by atoms with E-state index in [0.29, 0.717) is 18.0 Å². The lowest BCUT2D eigenvalue weighted by Crippen LogP contribution is -2.26. The highest BCUT2D eigenvalue weighted by molar-refractivity contribution is 7.92. The second-order valence-electron chi connectivity index (χ2n) is 4.77. The highest BCUT2D eigenvalue weighted by atomic mass is 32.2. The van der Waals surface area contributed by atoms with Crippen LogP contribution in [-0.4, -0.2) is 38.5 Å². The van der Waals surface area contributed by atoms with Gasteiger partial charge in [0.2, 0.25) is 10.0 Å². The number of anilines is 1. The molecule has 0 spiro atoms. The molecule has 1 atom stereocenters. The number of nitrogens with two attached hydrogens (primary N) is 1. The number of benzene rings is 1. The normalized spacial score (nSPS) is 18.4. The summed E-state index contributed by atoms with van der Waals surface area (Å²) in [6.45, 7) is 0.674. The van der Waals surface area contributed by atoms with Crippen LogP contribution in [0.5, 0.6) is 5.75 Å². The van der Waals surface area contributed by atoms with E-state index < -0.39 is 10.0 Å². The van der Waals surface area contributed by atoms with Crippen molar-refractivity contribution in [3.63, 3.8) is 0 Å². The zero-order valence-electron chi connectivity index (χ0n) is 11.4. The van der Waals surface area contributed by atoms with Gasteiger partial charge in [0.05, 0.1) is 17.5 Å². The van der Waals surface area contributed by atoms with Crippen molar-refractivity contribution in [1.82, 2.24) is 0 Å². The fourth-order valence-corrected chi connectivity index (χ4v) is 3.45. The van der Waals surface area contributed by atoms with Crippen LogP contribution < -0.4 is 15.2 Å². The molecule has 0 bridgehead atoms. The summed E-state index contributed by atoms with van der Waals surface area (Å²) in [5, 5.41) is 0. The predicted molar refractivity (Wildman–Crippen MR) is 85.1 cm³/mol. The Balaban J connectivity index is 2.05. The summed E-state index contributed by atoms with van der Waals surface area (Å²) in [6.07, 6.45) is 1.42. The molecular formula is C13H18N2O4S2. The zero-order chi connectivity index (χ0) is 15.3. The number of nitrogens with one attached hydrogen (secondary N) is 1. The molecule has 8 heteroatoms. The van der Waals surface area contributed by atoms with Gasteiger partial charge in [0.25, 0.3) is 0 Å². The Morgan fingerprint density at radius 3 is 2.90 bits per heavy atom. The first-order valence-corrected chi connectivity index (χ1v) is 8.64. The summed E-state index contributed by atoms with van der Waals surface area (Å²) < 4.78 is 37.6. The fraction of sp³-hybridized carbons (Fsp3) is 0.462. The van der Waals surface area contributed by atoms with E-state index in [2.05, 4.69) is 4.72 Å². The maximum Gasteiger partial charge on any atom is 0.235 e. The molecule has 1 heterocycles. The van der Waals surface area contributed by atoms with E-state index in [-0.39, 0.29) is 23.5 Å². The molecule has 21 heavy (non-hydrogen) atoms. The Morgan fingerprint density at radius 1 is 1.48 bits per heavy atom. The molecule has 2 rings (SSSR count). The van der Waals surface area contributed by atoms with Gasteiger partial charge in [0, 0.05) is 6.61 Å². The molecule has 0 saturated carbocycles.